The smallest absolute Gasteiger partial charge is 0.282 e. The van der Waals surface area contributed by atoms with Crippen molar-refractivity contribution in [1.29, 1.82) is 0 Å². The van der Waals surface area contributed by atoms with Crippen molar-refractivity contribution in [3.8, 4) is 0 Å². The van der Waals surface area contributed by atoms with Crippen LogP contribution in [0.3, 0.4) is 0 Å². The standard InChI is InChI=1S/C5H8N2O3S.ClH/c1-4-5(11(8,9)10)3-6-7(4)2;/h3H,1-2H3,(H,8,9,10);1H. The molecule has 0 aromatic carbocycles. The van der Waals surface area contributed by atoms with Crippen LogP contribution in [0.1, 0.15) is 5.69 Å². The van der Waals surface area contributed by atoms with Gasteiger partial charge < -0.3 is 0 Å². The van der Waals surface area contributed by atoms with E-state index in [0.29, 0.717) is 5.69 Å². The van der Waals surface area contributed by atoms with Crippen molar-refractivity contribution in [1.82, 2.24) is 9.78 Å². The molecule has 70 valence electrons. The first-order valence-electron chi connectivity index (χ1n) is 2.89. The van der Waals surface area contributed by atoms with Crippen LogP contribution in [0, 0.1) is 6.92 Å². The van der Waals surface area contributed by atoms with Gasteiger partial charge in [0.2, 0.25) is 0 Å². The summed E-state index contributed by atoms with van der Waals surface area (Å²) >= 11 is 0. The zero-order chi connectivity index (χ0) is 8.65. The molecule has 7 heteroatoms. The highest BCUT2D eigenvalue weighted by atomic mass is 35.5. The first-order chi connectivity index (χ1) is 4.93. The Morgan fingerprint density at radius 2 is 2.08 bits per heavy atom. The minimum absolute atomic E-state index is 0. The maximum absolute atomic E-state index is 10.6. The fourth-order valence-corrected chi connectivity index (χ4v) is 1.42. The molecule has 0 saturated heterocycles. The summed E-state index contributed by atoms with van der Waals surface area (Å²) in [5, 5.41) is 3.66. The van der Waals surface area contributed by atoms with Crippen molar-refractivity contribution in [3.63, 3.8) is 0 Å². The Labute approximate surface area is 76.6 Å². The van der Waals surface area contributed by atoms with Gasteiger partial charge in [0.25, 0.3) is 10.1 Å². The predicted octanol–water partition coefficient (Wildman–Crippen LogP) is 0.397. The highest BCUT2D eigenvalue weighted by Crippen LogP contribution is 2.11. The van der Waals surface area contributed by atoms with Gasteiger partial charge in [-0.15, -0.1) is 12.4 Å². The van der Waals surface area contributed by atoms with E-state index in [1.54, 1.807) is 14.0 Å². The molecule has 0 bridgehead atoms. The van der Waals surface area contributed by atoms with Crippen molar-refractivity contribution in [2.75, 3.05) is 0 Å². The molecule has 5 nitrogen and oxygen atoms in total. The number of rotatable bonds is 1. The SMILES string of the molecule is Cc1c(S(=O)(=O)O)cnn1C.Cl. The van der Waals surface area contributed by atoms with Crippen LogP contribution in [0.25, 0.3) is 0 Å². The summed E-state index contributed by atoms with van der Waals surface area (Å²) in [6.07, 6.45) is 1.12. The predicted molar refractivity (Wildman–Crippen MR) is 45.0 cm³/mol. The van der Waals surface area contributed by atoms with Crippen LogP contribution < -0.4 is 0 Å². The second-order valence-electron chi connectivity index (χ2n) is 2.19. The lowest BCUT2D eigenvalue weighted by atomic mass is 10.5. The summed E-state index contributed by atoms with van der Waals surface area (Å²) in [5.74, 6) is 0. The highest BCUT2D eigenvalue weighted by molar-refractivity contribution is 7.85. The minimum atomic E-state index is -4.10. The topological polar surface area (TPSA) is 72.2 Å². The number of aryl methyl sites for hydroxylation is 1. The van der Waals surface area contributed by atoms with Gasteiger partial charge in [-0.25, -0.2) is 0 Å². The van der Waals surface area contributed by atoms with Crippen LogP contribution in [-0.4, -0.2) is 22.8 Å². The third-order valence-electron chi connectivity index (χ3n) is 1.47. The molecule has 1 N–H and O–H groups in total. The van der Waals surface area contributed by atoms with Gasteiger partial charge in [0.15, 0.2) is 0 Å². The minimum Gasteiger partial charge on any atom is -0.282 e. The average molecular weight is 213 g/mol. The van der Waals surface area contributed by atoms with Crippen LogP contribution in [0.15, 0.2) is 11.1 Å². The van der Waals surface area contributed by atoms with Crippen LogP contribution in [-0.2, 0) is 17.2 Å². The molecule has 1 aromatic rings. The molecule has 0 saturated carbocycles. The number of hydrogen-bond acceptors (Lipinski definition) is 3. The number of nitrogens with zero attached hydrogens (tertiary/aromatic N) is 2. The number of halogens is 1. The summed E-state index contributed by atoms with van der Waals surface area (Å²) in [7, 11) is -2.49. The third kappa shape index (κ3) is 1.96. The van der Waals surface area contributed by atoms with Gasteiger partial charge in [-0.05, 0) is 6.92 Å². The zero-order valence-electron chi connectivity index (χ0n) is 6.55. The second kappa shape index (κ2) is 3.42. The molecule has 0 spiro atoms. The van der Waals surface area contributed by atoms with Crippen molar-refractivity contribution in [3.05, 3.63) is 11.9 Å². The van der Waals surface area contributed by atoms with Gasteiger partial charge in [0.05, 0.1) is 11.9 Å². The first-order valence-corrected chi connectivity index (χ1v) is 4.33. The van der Waals surface area contributed by atoms with E-state index in [0.717, 1.165) is 6.20 Å². The van der Waals surface area contributed by atoms with Crippen molar-refractivity contribution in [2.45, 2.75) is 11.8 Å². The molecule has 0 unspecified atom stereocenters. The molecule has 1 heterocycles. The van der Waals surface area contributed by atoms with Crippen LogP contribution in [0.5, 0.6) is 0 Å². The quantitative estimate of drug-likeness (QED) is 0.684. The molecular weight excluding hydrogens is 204 g/mol. The summed E-state index contributed by atoms with van der Waals surface area (Å²) in [5.41, 5.74) is 0.424. The summed E-state index contributed by atoms with van der Waals surface area (Å²) < 4.78 is 31.1. The molecule has 0 aliphatic carbocycles. The van der Waals surface area contributed by atoms with Crippen molar-refractivity contribution in [2.24, 2.45) is 7.05 Å². The molecule has 1 aromatic heterocycles. The fraction of sp³-hybridized carbons (Fsp3) is 0.400. The lowest BCUT2D eigenvalue weighted by molar-refractivity contribution is 0.482. The third-order valence-corrected chi connectivity index (χ3v) is 2.42. The van der Waals surface area contributed by atoms with Crippen LogP contribution in [0.4, 0.5) is 0 Å². The average Bonchev–Trinajstić information content (AvgIpc) is 2.11. The van der Waals surface area contributed by atoms with Gasteiger partial charge in [0, 0.05) is 7.05 Å². The van der Waals surface area contributed by atoms with E-state index in [9.17, 15) is 8.42 Å². The van der Waals surface area contributed by atoms with Crippen LogP contribution >= 0.6 is 12.4 Å². The van der Waals surface area contributed by atoms with Gasteiger partial charge in [-0.2, -0.15) is 13.5 Å². The lowest BCUT2D eigenvalue weighted by Gasteiger charge is -1.94. The largest absolute Gasteiger partial charge is 0.297 e. The Kier molecular flexibility index (Phi) is 3.25. The fourth-order valence-electron chi connectivity index (χ4n) is 0.732. The zero-order valence-corrected chi connectivity index (χ0v) is 8.18. The van der Waals surface area contributed by atoms with Gasteiger partial charge >= 0.3 is 0 Å². The molecular formula is C5H9ClN2O3S. The maximum atomic E-state index is 10.6. The molecule has 1 rings (SSSR count). The van der Waals surface area contributed by atoms with Crippen molar-refractivity contribution < 1.29 is 13.0 Å². The number of aromatic nitrogens is 2. The Morgan fingerprint density at radius 1 is 1.58 bits per heavy atom. The molecule has 0 fully saturated rings. The molecule has 0 atom stereocenters. The summed E-state index contributed by atoms with van der Waals surface area (Å²) in [4.78, 5) is -0.139. The summed E-state index contributed by atoms with van der Waals surface area (Å²) in [6.45, 7) is 1.57. The highest BCUT2D eigenvalue weighted by Gasteiger charge is 2.15. The lowest BCUT2D eigenvalue weighted by Crippen LogP contribution is -2.00. The number of hydrogen-bond donors (Lipinski definition) is 1. The molecule has 12 heavy (non-hydrogen) atoms. The van der Waals surface area contributed by atoms with E-state index < -0.39 is 10.1 Å². The summed E-state index contributed by atoms with van der Waals surface area (Å²) in [6, 6.07) is 0. The van der Waals surface area contributed by atoms with E-state index in [2.05, 4.69) is 5.10 Å². The van der Waals surface area contributed by atoms with E-state index >= 15 is 0 Å². The van der Waals surface area contributed by atoms with Gasteiger partial charge in [-0.1, -0.05) is 0 Å². The molecule has 0 aliphatic rings. The van der Waals surface area contributed by atoms with E-state index in [-0.39, 0.29) is 17.3 Å². The Morgan fingerprint density at radius 3 is 2.25 bits per heavy atom. The van der Waals surface area contributed by atoms with E-state index in [1.807, 2.05) is 0 Å². The Balaban J connectivity index is 0.00000121. The maximum Gasteiger partial charge on any atom is 0.297 e. The molecule has 0 radical (unpaired) electrons. The molecule has 0 aliphatic heterocycles. The van der Waals surface area contributed by atoms with E-state index in [1.165, 1.54) is 4.68 Å². The Hall–Kier alpha value is -0.590. The van der Waals surface area contributed by atoms with E-state index in [4.69, 9.17) is 4.55 Å². The van der Waals surface area contributed by atoms with Gasteiger partial charge in [-0.3, -0.25) is 9.23 Å². The second-order valence-corrected chi connectivity index (χ2v) is 3.58. The molecule has 0 amide bonds. The van der Waals surface area contributed by atoms with Crippen molar-refractivity contribution >= 4 is 22.5 Å². The monoisotopic (exact) mass is 212 g/mol. The first kappa shape index (κ1) is 11.4. The van der Waals surface area contributed by atoms with Crippen LogP contribution in [0.2, 0.25) is 0 Å². The normalized spacial score (nSPS) is 10.9. The van der Waals surface area contributed by atoms with Gasteiger partial charge in [0.1, 0.15) is 4.90 Å². The Bertz CT molecular complexity index is 370.